The number of carbonyl (C=O) groups is 1. The zero-order valence-electron chi connectivity index (χ0n) is 14.7. The van der Waals surface area contributed by atoms with Gasteiger partial charge in [0.05, 0.1) is 18.9 Å². The molecule has 1 aliphatic rings. The quantitative estimate of drug-likeness (QED) is 0.752. The van der Waals surface area contributed by atoms with Crippen molar-refractivity contribution in [3.8, 4) is 17.2 Å². The van der Waals surface area contributed by atoms with Gasteiger partial charge in [-0.3, -0.25) is 4.79 Å². The molecule has 1 aromatic carbocycles. The van der Waals surface area contributed by atoms with Crippen LogP contribution in [0.4, 0.5) is 0 Å². The molecule has 1 amide bonds. The molecule has 27 heavy (non-hydrogen) atoms. The lowest BCUT2D eigenvalue weighted by atomic mass is 10.0. The number of hydrogen-bond donors (Lipinski definition) is 1. The van der Waals surface area contributed by atoms with E-state index < -0.39 is 0 Å². The summed E-state index contributed by atoms with van der Waals surface area (Å²) in [5.41, 5.74) is 1.52. The van der Waals surface area contributed by atoms with E-state index in [9.17, 15) is 4.79 Å². The van der Waals surface area contributed by atoms with Crippen LogP contribution in [0.5, 0.6) is 5.88 Å². The molecule has 6 heteroatoms. The van der Waals surface area contributed by atoms with Crippen LogP contribution in [-0.2, 0) is 4.74 Å². The van der Waals surface area contributed by atoms with E-state index in [1.165, 1.54) is 0 Å². The van der Waals surface area contributed by atoms with Crippen LogP contribution in [0.2, 0.25) is 0 Å². The van der Waals surface area contributed by atoms with Crippen LogP contribution in [0.25, 0.3) is 11.3 Å². The molecule has 138 valence electrons. The topological polar surface area (TPSA) is 73.6 Å². The second-order valence-electron chi connectivity index (χ2n) is 6.32. The van der Waals surface area contributed by atoms with Gasteiger partial charge in [0.25, 0.3) is 5.91 Å². The number of hydrogen-bond acceptors (Lipinski definition) is 5. The van der Waals surface area contributed by atoms with E-state index in [2.05, 4.69) is 10.3 Å². The van der Waals surface area contributed by atoms with E-state index >= 15 is 0 Å². The Bertz CT molecular complexity index is 863. The summed E-state index contributed by atoms with van der Waals surface area (Å²) >= 11 is 0. The molecule has 1 aliphatic heterocycles. The van der Waals surface area contributed by atoms with Crippen molar-refractivity contribution in [2.45, 2.75) is 18.6 Å². The molecule has 6 nitrogen and oxygen atoms in total. The van der Waals surface area contributed by atoms with E-state index in [1.807, 2.05) is 36.4 Å². The lowest BCUT2D eigenvalue weighted by Gasteiger charge is -2.32. The van der Waals surface area contributed by atoms with Crippen LogP contribution in [0.1, 0.15) is 16.8 Å². The summed E-state index contributed by atoms with van der Waals surface area (Å²) in [6.45, 7) is 1.00. The summed E-state index contributed by atoms with van der Waals surface area (Å²) in [5, 5.41) is 3.06. The Labute approximate surface area is 157 Å². The van der Waals surface area contributed by atoms with E-state index in [0.717, 1.165) is 11.3 Å². The van der Waals surface area contributed by atoms with Gasteiger partial charge in [0.1, 0.15) is 11.9 Å². The molecular weight excluding hydrogens is 344 g/mol. The average molecular weight is 364 g/mol. The molecule has 2 aromatic heterocycles. The number of nitrogens with zero attached hydrogens (tertiary/aromatic N) is 1. The second-order valence-corrected chi connectivity index (χ2v) is 6.32. The third kappa shape index (κ3) is 4.17. The number of pyridine rings is 1. The standard InChI is InChI=1S/C21H20N2O4/c24-21(16-8-6-15(7-9-16)18-4-3-12-26-18)23-17-10-13-25-14-19(17)27-20-5-1-2-11-22-20/h1-9,11-12,17,19H,10,13-14H2,(H,23,24)/t17-,19-/m1/s1. The fourth-order valence-corrected chi connectivity index (χ4v) is 3.05. The first-order valence-corrected chi connectivity index (χ1v) is 8.90. The fraction of sp³-hybridized carbons (Fsp3) is 0.238. The van der Waals surface area contributed by atoms with Gasteiger partial charge < -0.3 is 19.2 Å². The number of aromatic nitrogens is 1. The zero-order valence-corrected chi connectivity index (χ0v) is 14.7. The number of nitrogens with one attached hydrogen (secondary N) is 1. The molecule has 3 aromatic rings. The predicted molar refractivity (Wildman–Crippen MR) is 99.5 cm³/mol. The van der Waals surface area contributed by atoms with E-state index in [4.69, 9.17) is 13.9 Å². The fourth-order valence-electron chi connectivity index (χ4n) is 3.05. The van der Waals surface area contributed by atoms with E-state index in [0.29, 0.717) is 31.1 Å². The van der Waals surface area contributed by atoms with Crippen LogP contribution < -0.4 is 10.1 Å². The monoisotopic (exact) mass is 364 g/mol. The number of carbonyl (C=O) groups excluding carboxylic acids is 1. The zero-order chi connectivity index (χ0) is 18.5. The summed E-state index contributed by atoms with van der Waals surface area (Å²) in [6, 6.07) is 16.4. The minimum Gasteiger partial charge on any atom is -0.470 e. The summed E-state index contributed by atoms with van der Waals surface area (Å²) in [5.74, 6) is 1.16. The minimum absolute atomic E-state index is 0.137. The average Bonchev–Trinajstić information content (AvgIpc) is 3.25. The van der Waals surface area contributed by atoms with Gasteiger partial charge in [0.2, 0.25) is 5.88 Å². The van der Waals surface area contributed by atoms with Crippen molar-refractivity contribution >= 4 is 5.91 Å². The van der Waals surface area contributed by atoms with Gasteiger partial charge in [-0.2, -0.15) is 0 Å². The van der Waals surface area contributed by atoms with Gasteiger partial charge in [-0.15, -0.1) is 0 Å². The van der Waals surface area contributed by atoms with Crippen LogP contribution in [-0.4, -0.2) is 36.3 Å². The molecule has 1 N–H and O–H groups in total. The van der Waals surface area contributed by atoms with Crippen molar-refractivity contribution in [3.63, 3.8) is 0 Å². The highest BCUT2D eigenvalue weighted by Crippen LogP contribution is 2.21. The molecule has 0 unspecified atom stereocenters. The van der Waals surface area contributed by atoms with Gasteiger partial charge in [-0.05, 0) is 36.8 Å². The molecule has 0 radical (unpaired) electrons. The molecule has 3 heterocycles. The molecule has 0 aliphatic carbocycles. The summed E-state index contributed by atoms with van der Waals surface area (Å²) in [7, 11) is 0. The summed E-state index contributed by atoms with van der Waals surface area (Å²) < 4.78 is 16.8. The third-order valence-corrected chi connectivity index (χ3v) is 4.48. The van der Waals surface area contributed by atoms with Crippen molar-refractivity contribution in [1.29, 1.82) is 0 Å². The minimum atomic E-state index is -0.278. The Kier molecular flexibility index (Phi) is 5.16. The maximum Gasteiger partial charge on any atom is 0.251 e. The first-order chi connectivity index (χ1) is 13.3. The normalized spacial score (nSPS) is 19.4. The SMILES string of the molecule is O=C(N[C@@H]1CCOC[C@H]1Oc1ccccn1)c1ccc(-c2ccco2)cc1. The highest BCUT2D eigenvalue weighted by atomic mass is 16.5. The first kappa shape index (κ1) is 17.3. The summed E-state index contributed by atoms with van der Waals surface area (Å²) in [6.07, 6.45) is 3.71. The Morgan fingerprint density at radius 1 is 1.11 bits per heavy atom. The molecule has 1 fully saturated rings. The Balaban J connectivity index is 1.42. The van der Waals surface area contributed by atoms with Crippen molar-refractivity contribution in [2.75, 3.05) is 13.2 Å². The predicted octanol–water partition coefficient (Wildman–Crippen LogP) is 3.31. The van der Waals surface area contributed by atoms with Crippen molar-refractivity contribution < 1.29 is 18.7 Å². The molecule has 2 atom stereocenters. The van der Waals surface area contributed by atoms with Crippen LogP contribution >= 0.6 is 0 Å². The molecule has 0 saturated carbocycles. The number of ether oxygens (including phenoxy) is 2. The molecule has 0 spiro atoms. The van der Waals surface area contributed by atoms with Crippen LogP contribution in [0.3, 0.4) is 0 Å². The lowest BCUT2D eigenvalue weighted by molar-refractivity contribution is -0.0152. The summed E-state index contributed by atoms with van der Waals surface area (Å²) in [4.78, 5) is 16.8. The highest BCUT2D eigenvalue weighted by molar-refractivity contribution is 5.94. The van der Waals surface area contributed by atoms with Gasteiger partial charge in [0.15, 0.2) is 0 Å². The van der Waals surface area contributed by atoms with Crippen LogP contribution in [0.15, 0.2) is 71.5 Å². The van der Waals surface area contributed by atoms with Crippen molar-refractivity contribution in [1.82, 2.24) is 10.3 Å². The first-order valence-electron chi connectivity index (χ1n) is 8.90. The lowest BCUT2D eigenvalue weighted by Crippen LogP contribution is -2.51. The smallest absolute Gasteiger partial charge is 0.251 e. The molecule has 1 saturated heterocycles. The number of furan rings is 1. The van der Waals surface area contributed by atoms with Gasteiger partial charge in [0, 0.05) is 30.0 Å². The highest BCUT2D eigenvalue weighted by Gasteiger charge is 2.29. The second kappa shape index (κ2) is 8.05. The van der Waals surface area contributed by atoms with Gasteiger partial charge in [-0.25, -0.2) is 4.98 Å². The number of amides is 1. The Morgan fingerprint density at radius 3 is 2.74 bits per heavy atom. The van der Waals surface area contributed by atoms with Gasteiger partial charge >= 0.3 is 0 Å². The molecule has 0 bridgehead atoms. The van der Waals surface area contributed by atoms with Gasteiger partial charge in [-0.1, -0.05) is 18.2 Å². The van der Waals surface area contributed by atoms with E-state index in [-0.39, 0.29) is 18.1 Å². The van der Waals surface area contributed by atoms with Crippen molar-refractivity contribution in [3.05, 3.63) is 72.6 Å². The maximum atomic E-state index is 12.7. The van der Waals surface area contributed by atoms with Crippen LogP contribution in [0, 0.1) is 0 Å². The van der Waals surface area contributed by atoms with E-state index in [1.54, 1.807) is 30.7 Å². The number of rotatable bonds is 5. The largest absolute Gasteiger partial charge is 0.470 e. The molecular formula is C21H20N2O4. The Hall–Kier alpha value is -3.12. The maximum absolute atomic E-state index is 12.7. The Morgan fingerprint density at radius 2 is 2.00 bits per heavy atom. The van der Waals surface area contributed by atoms with Crippen molar-refractivity contribution in [2.24, 2.45) is 0 Å². The number of benzene rings is 1. The molecule has 4 rings (SSSR count). The third-order valence-electron chi connectivity index (χ3n) is 4.48.